The molecule has 1 atom stereocenters. The second kappa shape index (κ2) is 7.96. The molecule has 1 aromatic rings. The molecule has 1 fully saturated rings. The van der Waals surface area contributed by atoms with Crippen LogP contribution in [0.1, 0.15) is 38.5 Å². The third kappa shape index (κ3) is 3.93. The Hall–Kier alpha value is -0.650. The van der Waals surface area contributed by atoms with Crippen molar-refractivity contribution < 1.29 is 0 Å². The van der Waals surface area contributed by atoms with E-state index in [2.05, 4.69) is 40.9 Å². The largest absolute Gasteiger partial charge is 0.349 e. The molecule has 20 heavy (non-hydrogen) atoms. The number of aromatic nitrogens is 1. The molecule has 1 unspecified atom stereocenters. The minimum atomic E-state index is 0.732. The molecule has 114 valence electrons. The van der Waals surface area contributed by atoms with Gasteiger partial charge >= 0.3 is 0 Å². The van der Waals surface area contributed by atoms with Crippen molar-refractivity contribution >= 4 is 16.5 Å². The molecule has 0 radical (unpaired) electrons. The van der Waals surface area contributed by atoms with Crippen molar-refractivity contribution in [1.29, 1.82) is 0 Å². The van der Waals surface area contributed by atoms with Crippen LogP contribution in [0.2, 0.25) is 0 Å². The van der Waals surface area contributed by atoms with Crippen LogP contribution < -0.4 is 10.2 Å². The lowest BCUT2D eigenvalue weighted by molar-refractivity contribution is 0.260. The predicted molar refractivity (Wildman–Crippen MR) is 87.7 cm³/mol. The summed E-state index contributed by atoms with van der Waals surface area (Å²) in [5.41, 5.74) is 0. The van der Waals surface area contributed by atoms with E-state index in [9.17, 15) is 0 Å². The second-order valence-corrected chi connectivity index (χ2v) is 6.43. The Bertz CT molecular complexity index is 389. The zero-order valence-corrected chi connectivity index (χ0v) is 13.9. The van der Waals surface area contributed by atoms with Crippen LogP contribution in [0.25, 0.3) is 0 Å². The SMILES string of the molecule is CCN(CC)c1ncc(CNCC2CCCN2CC)s1. The minimum absolute atomic E-state index is 0.732. The van der Waals surface area contributed by atoms with Crippen molar-refractivity contribution in [3.8, 4) is 0 Å². The lowest BCUT2D eigenvalue weighted by atomic mass is 10.2. The Morgan fingerprint density at radius 1 is 1.40 bits per heavy atom. The zero-order valence-electron chi connectivity index (χ0n) is 13.1. The van der Waals surface area contributed by atoms with Crippen molar-refractivity contribution in [2.24, 2.45) is 0 Å². The molecule has 1 saturated heterocycles. The molecule has 0 aromatic carbocycles. The second-order valence-electron chi connectivity index (χ2n) is 5.34. The summed E-state index contributed by atoms with van der Waals surface area (Å²) in [6.45, 7) is 13.2. The summed E-state index contributed by atoms with van der Waals surface area (Å²) in [4.78, 5) is 10.8. The maximum Gasteiger partial charge on any atom is 0.185 e. The third-order valence-electron chi connectivity index (χ3n) is 4.16. The van der Waals surface area contributed by atoms with E-state index >= 15 is 0 Å². The Balaban J connectivity index is 1.77. The third-order valence-corrected chi connectivity index (χ3v) is 5.22. The highest BCUT2D eigenvalue weighted by Gasteiger charge is 2.22. The van der Waals surface area contributed by atoms with E-state index in [1.807, 2.05) is 17.5 Å². The highest BCUT2D eigenvalue weighted by molar-refractivity contribution is 7.15. The summed E-state index contributed by atoms with van der Waals surface area (Å²) < 4.78 is 0. The van der Waals surface area contributed by atoms with Crippen molar-refractivity contribution in [2.45, 2.75) is 46.2 Å². The number of nitrogens with one attached hydrogen (secondary N) is 1. The summed E-state index contributed by atoms with van der Waals surface area (Å²) in [7, 11) is 0. The van der Waals surface area contributed by atoms with Gasteiger partial charge in [0.05, 0.1) is 0 Å². The first-order chi connectivity index (χ1) is 9.78. The van der Waals surface area contributed by atoms with Gasteiger partial charge in [0.15, 0.2) is 5.13 Å². The summed E-state index contributed by atoms with van der Waals surface area (Å²) in [6, 6.07) is 0.732. The summed E-state index contributed by atoms with van der Waals surface area (Å²) in [5.74, 6) is 0. The summed E-state index contributed by atoms with van der Waals surface area (Å²) >= 11 is 1.82. The average molecular weight is 296 g/mol. The molecule has 1 aromatic heterocycles. The maximum atomic E-state index is 4.53. The molecular formula is C15H28N4S. The van der Waals surface area contributed by atoms with Gasteiger partial charge in [-0.15, -0.1) is 11.3 Å². The molecule has 1 aliphatic heterocycles. The monoisotopic (exact) mass is 296 g/mol. The lowest BCUT2D eigenvalue weighted by Gasteiger charge is -2.22. The van der Waals surface area contributed by atoms with E-state index in [4.69, 9.17) is 0 Å². The van der Waals surface area contributed by atoms with Crippen molar-refractivity contribution in [2.75, 3.05) is 37.6 Å². The highest BCUT2D eigenvalue weighted by Crippen LogP contribution is 2.22. The molecule has 0 aliphatic carbocycles. The lowest BCUT2D eigenvalue weighted by Crippen LogP contribution is -2.37. The van der Waals surface area contributed by atoms with Crippen LogP contribution in [0.5, 0.6) is 0 Å². The summed E-state index contributed by atoms with van der Waals surface area (Å²) in [5, 5.41) is 4.76. The number of likely N-dealkylation sites (N-methyl/N-ethyl adjacent to an activating group) is 1. The van der Waals surface area contributed by atoms with Crippen LogP contribution in [0.3, 0.4) is 0 Å². The topological polar surface area (TPSA) is 31.4 Å². The van der Waals surface area contributed by atoms with Gasteiger partial charge in [-0.25, -0.2) is 4.98 Å². The van der Waals surface area contributed by atoms with Gasteiger partial charge < -0.3 is 10.2 Å². The first-order valence-corrected chi connectivity index (χ1v) is 8.74. The first-order valence-electron chi connectivity index (χ1n) is 7.92. The maximum absolute atomic E-state index is 4.53. The van der Waals surface area contributed by atoms with E-state index < -0.39 is 0 Å². The number of thiazole rings is 1. The molecule has 1 N–H and O–H groups in total. The van der Waals surface area contributed by atoms with Crippen molar-refractivity contribution in [1.82, 2.24) is 15.2 Å². The smallest absolute Gasteiger partial charge is 0.185 e. The van der Waals surface area contributed by atoms with E-state index in [-0.39, 0.29) is 0 Å². The van der Waals surface area contributed by atoms with Gasteiger partial charge in [-0.05, 0) is 39.8 Å². The number of likely N-dealkylation sites (tertiary alicyclic amines) is 1. The van der Waals surface area contributed by atoms with E-state index in [1.165, 1.54) is 30.8 Å². The standard InChI is InChI=1S/C15H28N4S/c1-4-18(5-2)15-17-12-14(20-15)11-16-10-13-8-7-9-19(13)6-3/h12-13,16H,4-11H2,1-3H3. The quantitative estimate of drug-likeness (QED) is 0.799. The molecule has 0 spiro atoms. The zero-order chi connectivity index (χ0) is 14.4. The normalized spacial score (nSPS) is 19.6. The number of rotatable bonds is 8. The average Bonchev–Trinajstić information content (AvgIpc) is 3.10. The molecule has 0 bridgehead atoms. The highest BCUT2D eigenvalue weighted by atomic mass is 32.1. The van der Waals surface area contributed by atoms with Crippen LogP contribution in [0.4, 0.5) is 5.13 Å². The Morgan fingerprint density at radius 2 is 2.20 bits per heavy atom. The molecule has 0 saturated carbocycles. The fourth-order valence-electron chi connectivity index (χ4n) is 2.92. The van der Waals surface area contributed by atoms with Gasteiger partial charge in [-0.3, -0.25) is 4.90 Å². The molecule has 0 amide bonds. The van der Waals surface area contributed by atoms with Crippen molar-refractivity contribution in [3.63, 3.8) is 0 Å². The number of anilines is 1. The Morgan fingerprint density at radius 3 is 2.90 bits per heavy atom. The van der Waals surface area contributed by atoms with Crippen LogP contribution >= 0.6 is 11.3 Å². The molecule has 2 rings (SSSR count). The van der Waals surface area contributed by atoms with E-state index in [0.29, 0.717) is 0 Å². The van der Waals surface area contributed by atoms with Crippen LogP contribution in [-0.4, -0.2) is 48.6 Å². The van der Waals surface area contributed by atoms with Crippen LogP contribution in [-0.2, 0) is 6.54 Å². The summed E-state index contributed by atoms with van der Waals surface area (Å²) in [6.07, 6.45) is 4.72. The van der Waals surface area contributed by atoms with Gasteiger partial charge in [0.2, 0.25) is 0 Å². The molecule has 5 heteroatoms. The van der Waals surface area contributed by atoms with Gasteiger partial charge in [0.25, 0.3) is 0 Å². The predicted octanol–water partition coefficient (Wildman–Crippen LogP) is 2.56. The van der Waals surface area contributed by atoms with Gasteiger partial charge in [0.1, 0.15) is 0 Å². The van der Waals surface area contributed by atoms with Gasteiger partial charge in [-0.2, -0.15) is 0 Å². The number of hydrogen-bond donors (Lipinski definition) is 1. The molecule has 4 nitrogen and oxygen atoms in total. The van der Waals surface area contributed by atoms with Crippen LogP contribution in [0.15, 0.2) is 6.20 Å². The van der Waals surface area contributed by atoms with Crippen molar-refractivity contribution in [3.05, 3.63) is 11.1 Å². The number of hydrogen-bond acceptors (Lipinski definition) is 5. The van der Waals surface area contributed by atoms with Gasteiger partial charge in [0, 0.05) is 43.3 Å². The minimum Gasteiger partial charge on any atom is -0.349 e. The van der Waals surface area contributed by atoms with E-state index in [0.717, 1.165) is 37.4 Å². The Kier molecular flexibility index (Phi) is 6.26. The van der Waals surface area contributed by atoms with Crippen LogP contribution in [0, 0.1) is 0 Å². The molecular weight excluding hydrogens is 268 g/mol. The fourth-order valence-corrected chi connectivity index (χ4v) is 3.93. The fraction of sp³-hybridized carbons (Fsp3) is 0.800. The molecule has 1 aliphatic rings. The first kappa shape index (κ1) is 15.7. The van der Waals surface area contributed by atoms with E-state index in [1.54, 1.807) is 0 Å². The van der Waals surface area contributed by atoms with Gasteiger partial charge in [-0.1, -0.05) is 6.92 Å². The molecule has 2 heterocycles. The number of nitrogens with zero attached hydrogens (tertiary/aromatic N) is 3. The Labute approximate surface area is 127 Å².